The van der Waals surface area contributed by atoms with Gasteiger partial charge in [0.15, 0.2) is 5.69 Å². The number of sulfonamides is 1. The number of benzene rings is 2. The summed E-state index contributed by atoms with van der Waals surface area (Å²) in [6.07, 6.45) is 0.965. The summed E-state index contributed by atoms with van der Waals surface area (Å²) in [5.74, 6) is -0.364. The van der Waals surface area contributed by atoms with E-state index < -0.39 is 22.5 Å². The molecule has 3 aromatic rings. The number of anilines is 1. The maximum atomic E-state index is 12.5. The minimum Gasteiger partial charge on any atom is -0.497 e. The Morgan fingerprint density at radius 2 is 1.87 bits per heavy atom. The Morgan fingerprint density at radius 3 is 2.52 bits per heavy atom. The smallest absolute Gasteiger partial charge is 0.285 e. The first-order valence-electron chi connectivity index (χ1n) is 9.08. The van der Waals surface area contributed by atoms with Gasteiger partial charge in [-0.1, -0.05) is 18.2 Å². The van der Waals surface area contributed by atoms with E-state index in [9.17, 15) is 18.3 Å². The lowest BCUT2D eigenvalue weighted by molar-refractivity contribution is -0.116. The Bertz CT molecular complexity index is 1270. The van der Waals surface area contributed by atoms with Gasteiger partial charge in [0.05, 0.1) is 31.7 Å². The van der Waals surface area contributed by atoms with Crippen molar-refractivity contribution in [2.24, 2.45) is 17.3 Å². The number of aryl methyl sites for hydroxylation is 1. The van der Waals surface area contributed by atoms with Crippen LogP contribution in [0.3, 0.4) is 0 Å². The number of aromatic nitrogens is 1. The molecule has 10 nitrogen and oxygen atoms in total. The Hall–Kier alpha value is -3.60. The number of carbonyl (C=O) groups excluding carboxylic acids is 1. The first-order chi connectivity index (χ1) is 14.7. The van der Waals surface area contributed by atoms with Crippen molar-refractivity contribution >= 4 is 38.2 Å². The molecule has 164 valence electrons. The highest BCUT2D eigenvalue weighted by Gasteiger charge is 2.25. The van der Waals surface area contributed by atoms with Gasteiger partial charge in [0, 0.05) is 18.5 Å². The van der Waals surface area contributed by atoms with Gasteiger partial charge >= 0.3 is 0 Å². The number of fused-ring (bicyclic) bond motifs is 1. The van der Waals surface area contributed by atoms with Gasteiger partial charge in [-0.15, -0.1) is 10.2 Å². The third kappa shape index (κ3) is 4.45. The van der Waals surface area contributed by atoms with Crippen LogP contribution in [0, 0.1) is 0 Å². The topological polar surface area (TPSA) is 123 Å². The molecule has 2 aromatic carbocycles. The van der Waals surface area contributed by atoms with E-state index in [-0.39, 0.29) is 23.0 Å². The van der Waals surface area contributed by atoms with Crippen molar-refractivity contribution in [1.82, 2.24) is 4.57 Å². The van der Waals surface area contributed by atoms with Crippen LogP contribution in [-0.4, -0.2) is 51.0 Å². The maximum Gasteiger partial charge on any atom is 0.285 e. The number of hydrogen-bond donors (Lipinski definition) is 1. The van der Waals surface area contributed by atoms with Gasteiger partial charge in [-0.2, -0.15) is 0 Å². The van der Waals surface area contributed by atoms with Crippen molar-refractivity contribution in [3.05, 3.63) is 42.5 Å². The SMILES string of the molecule is COc1ccc(OC)c(N(CC(=O)N=Nc2c(O)n(C)c3ccccc23)S(C)(=O)=O)c1. The molecule has 0 radical (unpaired) electrons. The molecule has 0 fully saturated rings. The highest BCUT2D eigenvalue weighted by atomic mass is 32.2. The van der Waals surface area contributed by atoms with Gasteiger partial charge < -0.3 is 19.1 Å². The monoisotopic (exact) mass is 446 g/mol. The molecule has 31 heavy (non-hydrogen) atoms. The number of ether oxygens (including phenoxy) is 2. The lowest BCUT2D eigenvalue weighted by Gasteiger charge is -2.23. The molecular weight excluding hydrogens is 424 g/mol. The summed E-state index contributed by atoms with van der Waals surface area (Å²) in [7, 11) is 0.604. The van der Waals surface area contributed by atoms with Crippen molar-refractivity contribution in [2.45, 2.75) is 0 Å². The summed E-state index contributed by atoms with van der Waals surface area (Å²) in [4.78, 5) is 12.5. The fourth-order valence-electron chi connectivity index (χ4n) is 3.09. The van der Waals surface area contributed by atoms with E-state index in [0.29, 0.717) is 16.7 Å². The molecule has 3 rings (SSSR count). The van der Waals surface area contributed by atoms with Crippen LogP contribution in [0.4, 0.5) is 11.4 Å². The van der Waals surface area contributed by atoms with Gasteiger partial charge in [-0.05, 0) is 18.2 Å². The zero-order chi connectivity index (χ0) is 22.8. The van der Waals surface area contributed by atoms with Gasteiger partial charge in [0.2, 0.25) is 15.9 Å². The molecule has 0 atom stereocenters. The first-order valence-corrected chi connectivity index (χ1v) is 10.9. The molecule has 1 amide bonds. The molecule has 1 N–H and O–H groups in total. The van der Waals surface area contributed by atoms with E-state index in [0.717, 1.165) is 10.6 Å². The second kappa shape index (κ2) is 8.64. The van der Waals surface area contributed by atoms with E-state index in [1.165, 1.54) is 30.9 Å². The molecule has 0 saturated carbocycles. The number of methoxy groups -OCH3 is 2. The minimum absolute atomic E-state index is 0.122. The van der Waals surface area contributed by atoms with Crippen LogP contribution in [0.5, 0.6) is 17.4 Å². The number of hydrogen-bond acceptors (Lipinski definition) is 7. The highest BCUT2D eigenvalue weighted by molar-refractivity contribution is 7.92. The van der Waals surface area contributed by atoms with Gasteiger partial charge in [0.1, 0.15) is 18.0 Å². The fourth-order valence-corrected chi connectivity index (χ4v) is 3.94. The van der Waals surface area contributed by atoms with E-state index >= 15 is 0 Å². The summed E-state index contributed by atoms with van der Waals surface area (Å²) >= 11 is 0. The average Bonchev–Trinajstić information content (AvgIpc) is 2.99. The number of amides is 1. The molecule has 1 aromatic heterocycles. The van der Waals surface area contributed by atoms with Crippen LogP contribution in [0.2, 0.25) is 0 Å². The van der Waals surface area contributed by atoms with E-state index in [2.05, 4.69) is 10.2 Å². The van der Waals surface area contributed by atoms with Gasteiger partial charge in [0.25, 0.3) is 5.91 Å². The second-order valence-electron chi connectivity index (χ2n) is 6.65. The molecule has 0 unspecified atom stereocenters. The molecule has 0 saturated heterocycles. The first kappa shape index (κ1) is 22.1. The van der Waals surface area contributed by atoms with Crippen LogP contribution in [0.25, 0.3) is 10.9 Å². The molecule has 0 aliphatic heterocycles. The van der Waals surface area contributed by atoms with E-state index in [4.69, 9.17) is 9.47 Å². The lowest BCUT2D eigenvalue weighted by Crippen LogP contribution is -2.34. The third-order valence-electron chi connectivity index (χ3n) is 4.65. The minimum atomic E-state index is -3.87. The van der Waals surface area contributed by atoms with E-state index in [1.54, 1.807) is 37.4 Å². The quantitative estimate of drug-likeness (QED) is 0.557. The lowest BCUT2D eigenvalue weighted by atomic mass is 10.2. The Morgan fingerprint density at radius 1 is 1.16 bits per heavy atom. The number of carbonyl (C=O) groups is 1. The molecular formula is C20H22N4O6S. The van der Waals surface area contributed by atoms with E-state index in [1.807, 2.05) is 0 Å². The van der Waals surface area contributed by atoms with Gasteiger partial charge in [-0.3, -0.25) is 9.10 Å². The third-order valence-corrected chi connectivity index (χ3v) is 5.77. The number of para-hydroxylation sites is 1. The van der Waals surface area contributed by atoms with Crippen molar-refractivity contribution in [3.63, 3.8) is 0 Å². The normalized spacial score (nSPS) is 11.7. The number of rotatable bonds is 7. The standard InChI is InChI=1S/C20H22N4O6S/c1-23-15-8-6-5-7-14(15)19(20(23)26)22-21-18(25)12-24(31(4,27)28)16-11-13(29-2)9-10-17(16)30-3/h5-11,26H,12H2,1-4H3. The summed E-state index contributed by atoms with van der Waals surface area (Å²) in [5, 5.41) is 18.4. The summed E-state index contributed by atoms with van der Waals surface area (Å²) in [6.45, 7) is -0.614. The largest absolute Gasteiger partial charge is 0.497 e. The van der Waals surface area contributed by atoms with Gasteiger partial charge in [-0.25, -0.2) is 8.42 Å². The predicted molar refractivity (Wildman–Crippen MR) is 116 cm³/mol. The van der Waals surface area contributed by atoms with Crippen molar-refractivity contribution in [3.8, 4) is 17.4 Å². The second-order valence-corrected chi connectivity index (χ2v) is 8.56. The van der Waals surface area contributed by atoms with Crippen molar-refractivity contribution in [1.29, 1.82) is 0 Å². The zero-order valence-electron chi connectivity index (χ0n) is 17.4. The highest BCUT2D eigenvalue weighted by Crippen LogP contribution is 2.38. The Kier molecular flexibility index (Phi) is 6.16. The molecule has 0 aliphatic carbocycles. The summed E-state index contributed by atoms with van der Waals surface area (Å²) < 4.78 is 37.6. The van der Waals surface area contributed by atoms with Crippen LogP contribution < -0.4 is 13.8 Å². The number of aromatic hydroxyl groups is 1. The fraction of sp³-hybridized carbons (Fsp3) is 0.250. The molecule has 0 spiro atoms. The Labute approximate surface area is 179 Å². The molecule has 0 aliphatic rings. The van der Waals surface area contributed by atoms with Crippen molar-refractivity contribution < 1.29 is 27.8 Å². The predicted octanol–water partition coefficient (Wildman–Crippen LogP) is 2.98. The van der Waals surface area contributed by atoms with Crippen LogP contribution >= 0.6 is 0 Å². The van der Waals surface area contributed by atoms with Crippen LogP contribution in [-0.2, 0) is 21.9 Å². The molecule has 0 bridgehead atoms. The number of azo groups is 1. The molecule has 1 heterocycles. The maximum absolute atomic E-state index is 12.5. The average molecular weight is 446 g/mol. The van der Waals surface area contributed by atoms with Crippen LogP contribution in [0.1, 0.15) is 0 Å². The summed E-state index contributed by atoms with van der Waals surface area (Å²) in [5.41, 5.74) is 0.956. The molecule has 11 heteroatoms. The number of nitrogens with zero attached hydrogens (tertiary/aromatic N) is 4. The zero-order valence-corrected chi connectivity index (χ0v) is 18.3. The summed E-state index contributed by atoms with van der Waals surface area (Å²) in [6, 6.07) is 11.7. The van der Waals surface area contributed by atoms with Crippen LogP contribution in [0.15, 0.2) is 52.7 Å². The Balaban J connectivity index is 1.95. The van der Waals surface area contributed by atoms with Crippen molar-refractivity contribution in [2.75, 3.05) is 31.3 Å².